The summed E-state index contributed by atoms with van der Waals surface area (Å²) in [7, 11) is -9.97. The molecule has 0 rings (SSSR count). The van der Waals surface area contributed by atoms with Crippen molar-refractivity contribution in [1.82, 2.24) is 0 Å². The second-order valence-corrected chi connectivity index (χ2v) is 31.0. The first-order valence-electron chi connectivity index (χ1n) is 41.8. The Morgan fingerprint density at radius 3 is 0.788 bits per heavy atom. The number of rotatable bonds is 79. The molecule has 0 aromatic rings. The van der Waals surface area contributed by atoms with Crippen LogP contribution < -0.4 is 0 Å². The highest BCUT2D eigenvalue weighted by molar-refractivity contribution is 7.47. The monoisotopic (exact) mass is 1510 g/mol. The average molecular weight is 1510 g/mol. The Balaban J connectivity index is 5.40. The molecule has 0 heterocycles. The van der Waals surface area contributed by atoms with Gasteiger partial charge in [0.05, 0.1) is 26.4 Å². The topological polar surface area (TPSA) is 237 Å². The number of carbonyl (C=O) groups excluding carboxylic acids is 4. The Bertz CT molecular complexity index is 2300. The van der Waals surface area contributed by atoms with Crippen LogP contribution in [0.1, 0.15) is 374 Å². The van der Waals surface area contributed by atoms with Crippen LogP contribution in [0.2, 0.25) is 0 Å². The van der Waals surface area contributed by atoms with Gasteiger partial charge in [-0.05, 0) is 122 Å². The van der Waals surface area contributed by atoms with Gasteiger partial charge in [0, 0.05) is 25.7 Å². The number of phosphoric ester groups is 2. The van der Waals surface area contributed by atoms with Gasteiger partial charge in [0.1, 0.15) is 19.3 Å². The molecular weight excluding hydrogens is 1350 g/mol. The summed E-state index contributed by atoms with van der Waals surface area (Å²) in [6.45, 7) is 4.80. The number of ether oxygens (including phenoxy) is 4. The van der Waals surface area contributed by atoms with Crippen LogP contribution in [-0.2, 0) is 65.4 Å². The zero-order valence-corrected chi connectivity index (χ0v) is 68.0. The van der Waals surface area contributed by atoms with Crippen molar-refractivity contribution in [3.8, 4) is 0 Å². The van der Waals surface area contributed by atoms with E-state index < -0.39 is 97.5 Å². The van der Waals surface area contributed by atoms with Crippen LogP contribution in [0.15, 0.2) is 85.1 Å². The molecular formula is C85H152O17P2. The van der Waals surface area contributed by atoms with E-state index in [1.807, 2.05) is 12.2 Å². The fraction of sp³-hybridized carbons (Fsp3) is 0.788. The number of phosphoric acid groups is 2. The van der Waals surface area contributed by atoms with Crippen molar-refractivity contribution in [2.24, 2.45) is 0 Å². The molecule has 19 heteroatoms. The predicted molar refractivity (Wildman–Crippen MR) is 427 cm³/mol. The third-order valence-corrected chi connectivity index (χ3v) is 19.7. The molecule has 0 saturated carbocycles. The minimum Gasteiger partial charge on any atom is -0.462 e. The lowest BCUT2D eigenvalue weighted by atomic mass is 10.0. The predicted octanol–water partition coefficient (Wildman–Crippen LogP) is 24.6. The van der Waals surface area contributed by atoms with Gasteiger partial charge in [0.2, 0.25) is 0 Å². The largest absolute Gasteiger partial charge is 0.472 e. The van der Waals surface area contributed by atoms with Gasteiger partial charge in [0.25, 0.3) is 0 Å². The average Bonchev–Trinajstić information content (AvgIpc) is 0.926. The number of aliphatic hydroxyl groups is 1. The number of hydrogen-bond donors (Lipinski definition) is 3. The first-order valence-corrected chi connectivity index (χ1v) is 44.8. The van der Waals surface area contributed by atoms with Gasteiger partial charge in [-0.3, -0.25) is 37.3 Å². The molecule has 0 aliphatic heterocycles. The van der Waals surface area contributed by atoms with E-state index in [1.165, 1.54) is 154 Å². The molecule has 0 aromatic heterocycles. The van der Waals surface area contributed by atoms with Crippen LogP contribution in [0.25, 0.3) is 0 Å². The van der Waals surface area contributed by atoms with Gasteiger partial charge in [-0.25, -0.2) is 9.13 Å². The van der Waals surface area contributed by atoms with Crippen LogP contribution in [-0.4, -0.2) is 96.7 Å². The van der Waals surface area contributed by atoms with Crippen LogP contribution in [0.3, 0.4) is 0 Å². The molecule has 0 aliphatic carbocycles. The lowest BCUT2D eigenvalue weighted by molar-refractivity contribution is -0.161. The summed E-state index contributed by atoms with van der Waals surface area (Å²) in [5.41, 5.74) is 0. The smallest absolute Gasteiger partial charge is 0.462 e. The molecule has 104 heavy (non-hydrogen) atoms. The van der Waals surface area contributed by atoms with Crippen molar-refractivity contribution in [1.29, 1.82) is 0 Å². The number of esters is 4. The standard InChI is InChI=1S/C85H152O17P2/c1-5-9-13-17-21-25-29-33-37-39-43-46-50-54-58-62-66-70-83(88)96-76-81(102-85(90)72-68-64-60-56-52-48-44-40-38-34-30-26-22-18-14-10-6-2)78-100-104(93,94)98-74-79(86)73-97-103(91,92)99-77-80(101-84(89)71-67-63-59-55-51-47-42-36-32-28-24-20-16-12-8-4)75-95-82(87)69-65-61-57-53-49-45-41-35-31-27-23-19-15-11-7-3/h21,23,25,27,33,35-37,41-43,46,54,58,79-81,86H,5-20,22,24,26,28-32,34,38-40,44-45,47-53,55-57,59-78H2,1-4H3,(H,91,92)(H,93,94)/b25-21-,27-23-,37-33-,41-35-,42-36-,46-43-,58-54-/t79-,80-,81-/m1/s1. The summed E-state index contributed by atoms with van der Waals surface area (Å²) in [5, 5.41) is 10.7. The second kappa shape index (κ2) is 77.4. The number of unbranched alkanes of at least 4 members (excludes halogenated alkanes) is 39. The quantitative estimate of drug-likeness (QED) is 0.0169. The lowest BCUT2D eigenvalue weighted by Gasteiger charge is -2.21. The summed E-state index contributed by atoms with van der Waals surface area (Å²) < 4.78 is 68.7. The second-order valence-electron chi connectivity index (χ2n) is 28.1. The van der Waals surface area contributed by atoms with Crippen LogP contribution in [0.5, 0.6) is 0 Å². The zero-order valence-electron chi connectivity index (χ0n) is 66.2. The highest BCUT2D eigenvalue weighted by atomic mass is 31.2. The highest BCUT2D eigenvalue weighted by Gasteiger charge is 2.30. The molecule has 0 fully saturated rings. The molecule has 0 spiro atoms. The third-order valence-electron chi connectivity index (χ3n) is 17.8. The number of hydrogen-bond acceptors (Lipinski definition) is 15. The van der Waals surface area contributed by atoms with Crippen molar-refractivity contribution < 1.29 is 80.2 Å². The Morgan fingerprint density at radius 2 is 0.481 bits per heavy atom. The third kappa shape index (κ3) is 76.4. The van der Waals surface area contributed by atoms with Gasteiger partial charge in [-0.1, -0.05) is 312 Å². The molecule has 0 radical (unpaired) electrons. The fourth-order valence-corrected chi connectivity index (χ4v) is 13.0. The first-order chi connectivity index (χ1) is 50.7. The minimum absolute atomic E-state index is 0.0830. The molecule has 17 nitrogen and oxygen atoms in total. The van der Waals surface area contributed by atoms with E-state index in [4.69, 9.17) is 37.0 Å². The molecule has 0 bridgehead atoms. The van der Waals surface area contributed by atoms with Gasteiger partial charge in [-0.15, -0.1) is 0 Å². The molecule has 3 N–H and O–H groups in total. The minimum atomic E-state index is -4.99. The van der Waals surface area contributed by atoms with E-state index in [2.05, 4.69) is 101 Å². The molecule has 604 valence electrons. The SMILES string of the molecule is CCCCC/C=C\C/C=C\C/C=C\C/C=C\CCCC(=O)OC[C@H](COP(=O)(O)OC[C@H](O)COP(=O)(O)OC[C@@H](COC(=O)CCCCCCC/C=C\C/C=C\CCCCC)OC(=O)CCCCCCC/C=C\CCCCCCCC)OC(=O)CCCCCCCCCCCCCCCCCCC. The van der Waals surface area contributed by atoms with Gasteiger partial charge in [0.15, 0.2) is 12.2 Å². The molecule has 0 aliphatic rings. The van der Waals surface area contributed by atoms with Crippen molar-refractivity contribution in [3.63, 3.8) is 0 Å². The maximum atomic E-state index is 13.1. The van der Waals surface area contributed by atoms with E-state index in [1.54, 1.807) is 0 Å². The summed E-state index contributed by atoms with van der Waals surface area (Å²) in [6, 6.07) is 0. The molecule has 5 atom stereocenters. The van der Waals surface area contributed by atoms with Crippen molar-refractivity contribution in [3.05, 3.63) is 85.1 Å². The Labute approximate surface area is 634 Å². The van der Waals surface area contributed by atoms with Gasteiger partial charge in [-0.2, -0.15) is 0 Å². The van der Waals surface area contributed by atoms with Gasteiger partial charge < -0.3 is 33.8 Å². The Kier molecular flexibility index (Phi) is 74.6. The van der Waals surface area contributed by atoms with Crippen molar-refractivity contribution in [2.75, 3.05) is 39.6 Å². The maximum Gasteiger partial charge on any atom is 0.472 e. The van der Waals surface area contributed by atoms with Crippen LogP contribution in [0.4, 0.5) is 0 Å². The van der Waals surface area contributed by atoms with E-state index in [0.29, 0.717) is 32.1 Å². The van der Waals surface area contributed by atoms with E-state index >= 15 is 0 Å². The first kappa shape index (κ1) is 100. The van der Waals surface area contributed by atoms with Crippen molar-refractivity contribution >= 4 is 39.5 Å². The summed E-state index contributed by atoms with van der Waals surface area (Å²) in [5.74, 6) is -2.24. The molecule has 2 unspecified atom stereocenters. The van der Waals surface area contributed by atoms with Crippen molar-refractivity contribution in [2.45, 2.75) is 393 Å². The van der Waals surface area contributed by atoms with Crippen LogP contribution >= 0.6 is 15.6 Å². The lowest BCUT2D eigenvalue weighted by Crippen LogP contribution is -2.30. The number of carbonyl (C=O) groups is 4. The van der Waals surface area contributed by atoms with E-state index in [9.17, 15) is 43.2 Å². The molecule has 0 amide bonds. The van der Waals surface area contributed by atoms with E-state index in [0.717, 1.165) is 135 Å². The normalized spacial score (nSPS) is 14.3. The molecule has 0 aromatic carbocycles. The highest BCUT2D eigenvalue weighted by Crippen LogP contribution is 2.45. The summed E-state index contributed by atoms with van der Waals surface area (Å²) >= 11 is 0. The van der Waals surface area contributed by atoms with Crippen LogP contribution in [0, 0.1) is 0 Å². The number of allylic oxidation sites excluding steroid dienone is 14. The molecule has 0 saturated heterocycles. The maximum absolute atomic E-state index is 13.1. The Morgan fingerprint density at radius 1 is 0.269 bits per heavy atom. The zero-order chi connectivity index (χ0) is 76.0. The van der Waals surface area contributed by atoms with E-state index in [-0.39, 0.29) is 25.7 Å². The summed E-state index contributed by atoms with van der Waals surface area (Å²) in [6.07, 6.45) is 81.3. The van der Waals surface area contributed by atoms with Gasteiger partial charge >= 0.3 is 39.5 Å². The fourth-order valence-electron chi connectivity index (χ4n) is 11.4. The Hall–Kier alpha value is -3.76. The number of aliphatic hydroxyl groups excluding tert-OH is 1. The summed E-state index contributed by atoms with van der Waals surface area (Å²) in [4.78, 5) is 73.1.